The summed E-state index contributed by atoms with van der Waals surface area (Å²) in [6.07, 6.45) is 1.99. The number of methoxy groups -OCH3 is 1. The molecule has 2 N–H and O–H groups in total. The van der Waals surface area contributed by atoms with E-state index in [9.17, 15) is 9.59 Å². The van der Waals surface area contributed by atoms with Crippen LogP contribution in [0.5, 0.6) is 0 Å². The van der Waals surface area contributed by atoms with Gasteiger partial charge in [0, 0.05) is 13.5 Å². The minimum atomic E-state index is -0.734. The van der Waals surface area contributed by atoms with Gasteiger partial charge in [-0.05, 0) is 48.5 Å². The van der Waals surface area contributed by atoms with Crippen LogP contribution in [-0.2, 0) is 30.1 Å². The highest BCUT2D eigenvalue weighted by Crippen LogP contribution is 2.54. The topological polar surface area (TPSA) is 85.9 Å². The smallest absolute Gasteiger partial charge is 0.404 e. The first-order valence-electron chi connectivity index (χ1n) is 13.3. The van der Waals surface area contributed by atoms with Crippen molar-refractivity contribution in [3.8, 4) is 0 Å². The monoisotopic (exact) mass is 500 g/mol. The Balaban J connectivity index is 1.79. The van der Waals surface area contributed by atoms with E-state index in [4.69, 9.17) is 14.0 Å². The Morgan fingerprint density at radius 3 is 2.42 bits per heavy atom. The van der Waals surface area contributed by atoms with Gasteiger partial charge in [-0.25, -0.2) is 0 Å². The van der Waals surface area contributed by atoms with Gasteiger partial charge in [0.05, 0.1) is 17.6 Å². The number of benzene rings is 1. The van der Waals surface area contributed by atoms with Crippen LogP contribution in [0.3, 0.4) is 0 Å². The maximum Gasteiger partial charge on any atom is 0.481 e. The Morgan fingerprint density at radius 1 is 1.14 bits per heavy atom. The van der Waals surface area contributed by atoms with Crippen molar-refractivity contribution in [2.75, 3.05) is 13.7 Å². The molecule has 200 valence electrons. The number of carbonyl (C=O) groups is 2. The number of hydrogen-bond acceptors (Lipinski definition) is 5. The molecule has 1 aromatic rings. The molecule has 36 heavy (non-hydrogen) atoms. The van der Waals surface area contributed by atoms with Crippen molar-refractivity contribution in [2.24, 2.45) is 23.2 Å². The van der Waals surface area contributed by atoms with Crippen LogP contribution < -0.4 is 10.6 Å². The number of fused-ring (bicyclic) bond motifs is 1. The Bertz CT molecular complexity index is 895. The highest BCUT2D eigenvalue weighted by molar-refractivity contribution is 6.47. The van der Waals surface area contributed by atoms with Crippen LogP contribution in [0.4, 0.5) is 0 Å². The van der Waals surface area contributed by atoms with Gasteiger partial charge < -0.3 is 24.7 Å². The first-order valence-corrected chi connectivity index (χ1v) is 13.3. The van der Waals surface area contributed by atoms with Crippen LogP contribution in [0, 0.1) is 23.2 Å². The molecule has 1 saturated carbocycles. The Hall–Kier alpha value is -1.90. The van der Waals surface area contributed by atoms with E-state index in [2.05, 4.69) is 59.1 Å². The van der Waals surface area contributed by atoms with Crippen LogP contribution in [0.2, 0.25) is 0 Å². The molecule has 1 aromatic carbocycles. The average Bonchev–Trinajstić information content (AvgIpc) is 3.15. The van der Waals surface area contributed by atoms with Crippen molar-refractivity contribution in [3.05, 3.63) is 35.9 Å². The highest BCUT2D eigenvalue weighted by Gasteiger charge is 2.61. The molecule has 0 bridgehead atoms. The van der Waals surface area contributed by atoms with Gasteiger partial charge in [0.2, 0.25) is 11.8 Å². The van der Waals surface area contributed by atoms with Gasteiger partial charge in [-0.3, -0.25) is 9.59 Å². The molecular weight excluding hydrogens is 455 g/mol. The van der Waals surface area contributed by atoms with Gasteiger partial charge in [0.25, 0.3) is 0 Å². The summed E-state index contributed by atoms with van der Waals surface area (Å²) in [7, 11) is 0.921. The van der Waals surface area contributed by atoms with Crippen molar-refractivity contribution >= 4 is 18.9 Å². The van der Waals surface area contributed by atoms with Crippen LogP contribution in [0.15, 0.2) is 30.3 Å². The Morgan fingerprint density at radius 2 is 1.81 bits per heavy atom. The predicted octanol–water partition coefficient (Wildman–Crippen LogP) is 3.79. The van der Waals surface area contributed by atoms with E-state index >= 15 is 0 Å². The summed E-state index contributed by atoms with van der Waals surface area (Å²) < 4.78 is 18.2. The third kappa shape index (κ3) is 6.32. The molecule has 1 aliphatic carbocycles. The van der Waals surface area contributed by atoms with E-state index in [0.29, 0.717) is 30.6 Å². The fourth-order valence-corrected chi connectivity index (χ4v) is 5.74. The third-order valence-electron chi connectivity index (χ3n) is 8.71. The normalized spacial score (nSPS) is 28.9. The van der Waals surface area contributed by atoms with Gasteiger partial charge in [0.15, 0.2) is 0 Å². The number of hydrogen-bond donors (Lipinski definition) is 2. The lowest BCUT2D eigenvalue weighted by atomic mass is 9.57. The molecule has 0 spiro atoms. The third-order valence-corrected chi connectivity index (χ3v) is 8.71. The first-order chi connectivity index (χ1) is 16.9. The lowest BCUT2D eigenvalue weighted by Crippen LogP contribution is -2.57. The van der Waals surface area contributed by atoms with Gasteiger partial charge in [-0.2, -0.15) is 0 Å². The van der Waals surface area contributed by atoms with Gasteiger partial charge >= 0.3 is 7.12 Å². The number of ether oxygens (including phenoxy) is 1. The summed E-state index contributed by atoms with van der Waals surface area (Å²) >= 11 is 0. The fourth-order valence-electron chi connectivity index (χ4n) is 5.74. The summed E-state index contributed by atoms with van der Waals surface area (Å²) in [6.45, 7) is 15.5. The number of rotatable bonds is 10. The second-order valence-corrected chi connectivity index (χ2v) is 12.0. The molecule has 0 aromatic heterocycles. The molecular formula is C28H45BN2O5. The molecule has 2 amide bonds. The van der Waals surface area contributed by atoms with Crippen molar-refractivity contribution in [2.45, 2.75) is 91.4 Å². The fraction of sp³-hybridized carbons (Fsp3) is 0.714. The zero-order chi connectivity index (χ0) is 26.7. The van der Waals surface area contributed by atoms with Crippen LogP contribution in [0.1, 0.15) is 66.9 Å². The highest BCUT2D eigenvalue weighted by atomic mass is 16.7. The molecule has 7 nitrogen and oxygen atoms in total. The van der Waals surface area contributed by atoms with Crippen molar-refractivity contribution in [1.82, 2.24) is 10.6 Å². The number of amides is 2. The summed E-state index contributed by atoms with van der Waals surface area (Å²) in [6, 6.07) is 8.95. The van der Waals surface area contributed by atoms with E-state index < -0.39 is 18.8 Å². The second kappa shape index (κ2) is 11.7. The predicted molar refractivity (Wildman–Crippen MR) is 142 cm³/mol. The second-order valence-electron chi connectivity index (χ2n) is 12.0. The first kappa shape index (κ1) is 28.7. The number of nitrogens with one attached hydrogen (secondary N) is 2. The van der Waals surface area contributed by atoms with E-state index in [1.54, 1.807) is 0 Å². The van der Waals surface area contributed by atoms with E-state index in [1.807, 2.05) is 30.3 Å². The summed E-state index contributed by atoms with van der Waals surface area (Å²) in [5, 5.41) is 6.03. The lowest BCUT2D eigenvalue weighted by molar-refractivity contribution is -0.131. The number of carbonyl (C=O) groups excluding carboxylic acids is 2. The van der Waals surface area contributed by atoms with Gasteiger partial charge in [0.1, 0.15) is 12.6 Å². The molecule has 1 aliphatic heterocycles. The molecule has 0 unspecified atom stereocenters. The van der Waals surface area contributed by atoms with Crippen LogP contribution in [-0.4, -0.2) is 56.3 Å². The van der Waals surface area contributed by atoms with Crippen LogP contribution in [0.25, 0.3) is 0 Å². The zero-order valence-corrected chi connectivity index (χ0v) is 23.3. The van der Waals surface area contributed by atoms with E-state index in [0.717, 1.165) is 12.0 Å². The zero-order valence-electron chi connectivity index (χ0n) is 23.3. The molecule has 0 radical (unpaired) electrons. The molecule has 6 atom stereocenters. The SMILES string of the molecule is COCC(=O)N[C@@H](Cc1ccccc1)C(=O)N[C@@H](CC(C)C)B1O[C@@H]2C[C@H](C)C(C)(C)[C@H](C)[C@]2(C)O1. The standard InChI is InChI=1S/C28H45BN2O5/c1-18(2)14-24(29-35-23-15-19(3)27(5,6)20(4)28(23,7)36-29)31-26(33)22(30-25(32)17-34-8)16-21-12-10-9-11-13-21/h9-13,18-20,22-24H,14-17H2,1-8H3,(H,30,32)(H,31,33)/t19-,20-,22-,23+,24-,28-/m0/s1. The maximum absolute atomic E-state index is 13.6. The van der Waals surface area contributed by atoms with Crippen molar-refractivity contribution < 1.29 is 23.6 Å². The Labute approximate surface area is 217 Å². The summed E-state index contributed by atoms with van der Waals surface area (Å²) in [5.74, 6) is 0.203. The molecule has 3 rings (SSSR count). The van der Waals surface area contributed by atoms with Crippen molar-refractivity contribution in [1.29, 1.82) is 0 Å². The average molecular weight is 500 g/mol. The van der Waals surface area contributed by atoms with E-state index in [1.165, 1.54) is 7.11 Å². The van der Waals surface area contributed by atoms with Crippen LogP contribution >= 0.6 is 0 Å². The molecule has 2 aliphatic rings. The van der Waals surface area contributed by atoms with E-state index in [-0.39, 0.29) is 35.9 Å². The largest absolute Gasteiger partial charge is 0.481 e. The summed E-state index contributed by atoms with van der Waals surface area (Å²) in [5.41, 5.74) is 0.663. The molecule has 1 heterocycles. The van der Waals surface area contributed by atoms with Crippen molar-refractivity contribution in [3.63, 3.8) is 0 Å². The summed E-state index contributed by atoms with van der Waals surface area (Å²) in [4.78, 5) is 25.9. The Kier molecular flexibility index (Phi) is 9.28. The minimum Gasteiger partial charge on any atom is -0.404 e. The minimum absolute atomic E-state index is 0.0198. The molecule has 2 fully saturated rings. The van der Waals surface area contributed by atoms with Gasteiger partial charge in [-0.1, -0.05) is 71.9 Å². The quantitative estimate of drug-likeness (QED) is 0.478. The maximum atomic E-state index is 13.6. The lowest BCUT2D eigenvalue weighted by Gasteiger charge is -2.53. The molecule has 1 saturated heterocycles. The van der Waals surface area contributed by atoms with Gasteiger partial charge in [-0.15, -0.1) is 0 Å². The molecule has 8 heteroatoms.